The summed E-state index contributed by atoms with van der Waals surface area (Å²) in [5, 5.41) is 0. The van der Waals surface area contributed by atoms with Gasteiger partial charge in [-0.15, -0.1) is 0 Å². The van der Waals surface area contributed by atoms with E-state index in [4.69, 9.17) is 4.74 Å². The molecule has 0 radical (unpaired) electrons. The molecule has 0 heterocycles. The van der Waals surface area contributed by atoms with Gasteiger partial charge in [-0.3, -0.25) is 0 Å². The standard InChI is InChI=1S/C13H12O2/c1-15-13(14)12-7-8-6-11(12)10-5-3-2-4-9(8)10/h2-5,7-8,11H,6H2,1H3/t8-,11+/m1/s1. The molecular weight excluding hydrogens is 188 g/mol. The van der Waals surface area contributed by atoms with Crippen molar-refractivity contribution >= 4 is 5.97 Å². The molecule has 15 heavy (non-hydrogen) atoms. The first-order chi connectivity index (χ1) is 7.31. The molecule has 1 aromatic rings. The Labute approximate surface area is 88.6 Å². The lowest BCUT2D eigenvalue weighted by molar-refractivity contribution is -0.136. The van der Waals surface area contributed by atoms with Crippen LogP contribution in [-0.2, 0) is 9.53 Å². The highest BCUT2D eigenvalue weighted by Gasteiger charge is 2.40. The average molecular weight is 200 g/mol. The number of carbonyl (C=O) groups is 1. The number of fused-ring (bicyclic) bond motifs is 5. The van der Waals surface area contributed by atoms with E-state index in [0.717, 1.165) is 12.0 Å². The van der Waals surface area contributed by atoms with Crippen LogP contribution in [0, 0.1) is 0 Å². The summed E-state index contributed by atoms with van der Waals surface area (Å²) in [5.74, 6) is 0.538. The third kappa shape index (κ3) is 1.08. The van der Waals surface area contributed by atoms with Gasteiger partial charge >= 0.3 is 5.97 Å². The summed E-state index contributed by atoms with van der Waals surface area (Å²) in [7, 11) is 1.45. The second-order valence-corrected chi connectivity index (χ2v) is 4.14. The smallest absolute Gasteiger partial charge is 0.334 e. The Balaban J connectivity index is 2.05. The van der Waals surface area contributed by atoms with Crippen LogP contribution in [-0.4, -0.2) is 13.1 Å². The number of hydrogen-bond acceptors (Lipinski definition) is 2. The minimum absolute atomic E-state index is 0.169. The van der Waals surface area contributed by atoms with Gasteiger partial charge in [0.2, 0.25) is 0 Å². The molecule has 2 bridgehead atoms. The molecule has 0 amide bonds. The van der Waals surface area contributed by atoms with Crippen molar-refractivity contribution in [2.75, 3.05) is 7.11 Å². The third-order valence-electron chi connectivity index (χ3n) is 3.44. The Morgan fingerprint density at radius 3 is 2.80 bits per heavy atom. The predicted molar refractivity (Wildman–Crippen MR) is 56.6 cm³/mol. The quantitative estimate of drug-likeness (QED) is 0.650. The molecule has 76 valence electrons. The molecule has 1 aromatic carbocycles. The molecule has 0 unspecified atom stereocenters. The Bertz CT molecular complexity index is 459. The minimum Gasteiger partial charge on any atom is -0.466 e. The van der Waals surface area contributed by atoms with Crippen molar-refractivity contribution in [2.24, 2.45) is 0 Å². The molecular formula is C13H12O2. The summed E-state index contributed by atoms with van der Waals surface area (Å²) in [5.41, 5.74) is 3.54. The van der Waals surface area contributed by atoms with Gasteiger partial charge in [0.1, 0.15) is 0 Å². The van der Waals surface area contributed by atoms with Crippen molar-refractivity contribution in [1.82, 2.24) is 0 Å². The predicted octanol–water partition coefficient (Wildman–Crippen LogP) is 2.37. The van der Waals surface area contributed by atoms with Crippen molar-refractivity contribution in [3.63, 3.8) is 0 Å². The van der Waals surface area contributed by atoms with Crippen molar-refractivity contribution < 1.29 is 9.53 Å². The van der Waals surface area contributed by atoms with E-state index in [9.17, 15) is 4.79 Å². The van der Waals surface area contributed by atoms with Crippen molar-refractivity contribution in [3.8, 4) is 0 Å². The highest BCUT2D eigenvalue weighted by Crippen LogP contribution is 2.52. The largest absolute Gasteiger partial charge is 0.466 e. The van der Waals surface area contributed by atoms with E-state index in [1.54, 1.807) is 0 Å². The Hall–Kier alpha value is -1.57. The maximum Gasteiger partial charge on any atom is 0.334 e. The van der Waals surface area contributed by atoms with Gasteiger partial charge in [0.05, 0.1) is 7.11 Å². The zero-order valence-electron chi connectivity index (χ0n) is 8.57. The fraction of sp³-hybridized carbons (Fsp3) is 0.308. The molecule has 0 N–H and O–H groups in total. The van der Waals surface area contributed by atoms with Crippen molar-refractivity contribution in [1.29, 1.82) is 0 Å². The van der Waals surface area contributed by atoms with Crippen LogP contribution >= 0.6 is 0 Å². The average Bonchev–Trinajstić information content (AvgIpc) is 2.86. The van der Waals surface area contributed by atoms with Crippen LogP contribution < -0.4 is 0 Å². The fourth-order valence-corrected chi connectivity index (χ4v) is 2.79. The second kappa shape index (κ2) is 2.96. The van der Waals surface area contributed by atoms with E-state index in [2.05, 4.69) is 24.3 Å². The summed E-state index contributed by atoms with van der Waals surface area (Å²) in [6.45, 7) is 0. The number of hydrogen-bond donors (Lipinski definition) is 0. The summed E-state index contributed by atoms with van der Waals surface area (Å²) in [6, 6.07) is 8.38. The van der Waals surface area contributed by atoms with E-state index in [-0.39, 0.29) is 11.9 Å². The molecule has 2 atom stereocenters. The number of carbonyl (C=O) groups excluding carboxylic acids is 1. The molecule has 0 saturated carbocycles. The van der Waals surface area contributed by atoms with Gasteiger partial charge in [-0.25, -0.2) is 4.79 Å². The van der Waals surface area contributed by atoms with E-state index in [1.165, 1.54) is 18.2 Å². The van der Waals surface area contributed by atoms with Crippen LogP contribution in [0.3, 0.4) is 0 Å². The number of ether oxygens (including phenoxy) is 1. The summed E-state index contributed by atoms with van der Waals surface area (Å²) in [4.78, 5) is 11.5. The fourth-order valence-electron chi connectivity index (χ4n) is 2.79. The zero-order valence-corrected chi connectivity index (χ0v) is 8.57. The van der Waals surface area contributed by atoms with Gasteiger partial charge in [-0.1, -0.05) is 30.3 Å². The Kier molecular flexibility index (Phi) is 1.72. The van der Waals surface area contributed by atoms with Gasteiger partial charge in [0.25, 0.3) is 0 Å². The molecule has 0 aliphatic heterocycles. The lowest BCUT2D eigenvalue weighted by Crippen LogP contribution is -2.10. The van der Waals surface area contributed by atoms with Crippen LogP contribution in [0.4, 0.5) is 0 Å². The van der Waals surface area contributed by atoms with Gasteiger partial charge in [-0.2, -0.15) is 0 Å². The van der Waals surface area contributed by atoms with Gasteiger partial charge in [0.15, 0.2) is 0 Å². The first-order valence-corrected chi connectivity index (χ1v) is 5.20. The van der Waals surface area contributed by atoms with Crippen molar-refractivity contribution in [2.45, 2.75) is 18.3 Å². The minimum atomic E-state index is -0.169. The van der Waals surface area contributed by atoms with Crippen LogP contribution in [0.2, 0.25) is 0 Å². The summed E-state index contributed by atoms with van der Waals surface area (Å²) >= 11 is 0. The third-order valence-corrected chi connectivity index (χ3v) is 3.44. The highest BCUT2D eigenvalue weighted by atomic mass is 16.5. The van der Waals surface area contributed by atoms with Gasteiger partial charge < -0.3 is 4.74 Å². The molecule has 2 nitrogen and oxygen atoms in total. The number of rotatable bonds is 1. The van der Waals surface area contributed by atoms with Gasteiger partial charge in [-0.05, 0) is 17.5 Å². The van der Waals surface area contributed by atoms with E-state index in [1.807, 2.05) is 6.07 Å². The van der Waals surface area contributed by atoms with E-state index < -0.39 is 0 Å². The zero-order chi connectivity index (χ0) is 10.4. The van der Waals surface area contributed by atoms with Crippen LogP contribution in [0.1, 0.15) is 29.4 Å². The van der Waals surface area contributed by atoms with Crippen molar-refractivity contribution in [3.05, 3.63) is 47.0 Å². The summed E-state index contributed by atoms with van der Waals surface area (Å²) in [6.07, 6.45) is 3.11. The van der Waals surface area contributed by atoms with Crippen LogP contribution in [0.5, 0.6) is 0 Å². The molecule has 2 aliphatic rings. The number of methoxy groups -OCH3 is 1. The van der Waals surface area contributed by atoms with Gasteiger partial charge in [0, 0.05) is 17.4 Å². The number of benzene rings is 1. The normalized spacial score (nSPS) is 26.1. The maximum absolute atomic E-state index is 11.5. The Morgan fingerprint density at radius 2 is 2.07 bits per heavy atom. The van der Waals surface area contributed by atoms with E-state index >= 15 is 0 Å². The molecule has 0 aromatic heterocycles. The second-order valence-electron chi connectivity index (χ2n) is 4.14. The number of allylic oxidation sites excluding steroid dienone is 1. The summed E-state index contributed by atoms with van der Waals surface area (Å²) < 4.78 is 4.79. The molecule has 0 spiro atoms. The lowest BCUT2D eigenvalue weighted by Gasteiger charge is -2.14. The molecule has 3 rings (SSSR count). The molecule has 0 saturated heterocycles. The molecule has 2 heteroatoms. The topological polar surface area (TPSA) is 26.3 Å². The molecule has 0 fully saturated rings. The first kappa shape index (κ1) is 8.72. The highest BCUT2D eigenvalue weighted by molar-refractivity contribution is 5.92. The monoisotopic (exact) mass is 200 g/mol. The maximum atomic E-state index is 11.5. The molecule has 2 aliphatic carbocycles. The van der Waals surface area contributed by atoms with Crippen LogP contribution in [0.25, 0.3) is 0 Å². The number of esters is 1. The van der Waals surface area contributed by atoms with E-state index in [0.29, 0.717) is 5.92 Å². The SMILES string of the molecule is COC(=O)C1=C[C@H]2C[C@H]1c1ccccc12. The Morgan fingerprint density at radius 1 is 1.33 bits per heavy atom. The van der Waals surface area contributed by atoms with Crippen LogP contribution in [0.15, 0.2) is 35.9 Å². The lowest BCUT2D eigenvalue weighted by atomic mass is 9.91. The first-order valence-electron chi connectivity index (χ1n) is 5.20.